The van der Waals surface area contributed by atoms with Gasteiger partial charge in [-0.2, -0.15) is 0 Å². The SMILES string of the molecule is CNCC1CCN(C(=O)c2cc(Br)cn2C2CC2)CC1. The Hall–Kier alpha value is -0.810. The molecule has 4 nitrogen and oxygen atoms in total. The lowest BCUT2D eigenvalue weighted by atomic mass is 9.96. The van der Waals surface area contributed by atoms with Crippen molar-refractivity contribution in [1.29, 1.82) is 0 Å². The lowest BCUT2D eigenvalue weighted by Gasteiger charge is -2.32. The van der Waals surface area contributed by atoms with Crippen LogP contribution in [-0.2, 0) is 0 Å². The number of likely N-dealkylation sites (tertiary alicyclic amines) is 1. The molecule has 0 aromatic carbocycles. The largest absolute Gasteiger partial charge is 0.339 e. The Balaban J connectivity index is 1.67. The third kappa shape index (κ3) is 2.93. The fraction of sp³-hybridized carbons (Fsp3) is 0.667. The summed E-state index contributed by atoms with van der Waals surface area (Å²) in [6, 6.07) is 2.52. The Labute approximate surface area is 128 Å². The molecule has 1 saturated heterocycles. The van der Waals surface area contributed by atoms with E-state index in [1.165, 1.54) is 12.8 Å². The molecule has 1 aliphatic carbocycles. The summed E-state index contributed by atoms with van der Waals surface area (Å²) in [5.41, 5.74) is 0.853. The van der Waals surface area contributed by atoms with E-state index in [9.17, 15) is 4.79 Å². The van der Waals surface area contributed by atoms with Gasteiger partial charge in [-0.1, -0.05) is 0 Å². The van der Waals surface area contributed by atoms with Crippen LogP contribution in [0, 0.1) is 5.92 Å². The van der Waals surface area contributed by atoms with Crippen molar-refractivity contribution in [1.82, 2.24) is 14.8 Å². The van der Waals surface area contributed by atoms with E-state index in [0.717, 1.165) is 42.6 Å². The van der Waals surface area contributed by atoms with Gasteiger partial charge in [-0.3, -0.25) is 4.79 Å². The van der Waals surface area contributed by atoms with Gasteiger partial charge in [0.05, 0.1) is 0 Å². The zero-order chi connectivity index (χ0) is 14.1. The van der Waals surface area contributed by atoms with Crippen LogP contribution >= 0.6 is 15.9 Å². The molecule has 1 N–H and O–H groups in total. The molecule has 2 fully saturated rings. The van der Waals surface area contributed by atoms with Gasteiger partial charge in [0.2, 0.25) is 0 Å². The Morgan fingerprint density at radius 2 is 2.05 bits per heavy atom. The molecule has 1 saturated carbocycles. The van der Waals surface area contributed by atoms with Crippen LogP contribution in [0.5, 0.6) is 0 Å². The zero-order valence-electron chi connectivity index (χ0n) is 11.9. The van der Waals surface area contributed by atoms with Gasteiger partial charge in [0.1, 0.15) is 5.69 Å². The minimum Gasteiger partial charge on any atom is -0.339 e. The van der Waals surface area contributed by atoms with Gasteiger partial charge in [0, 0.05) is 29.8 Å². The van der Waals surface area contributed by atoms with Crippen molar-refractivity contribution in [2.24, 2.45) is 5.92 Å². The van der Waals surface area contributed by atoms with Crippen molar-refractivity contribution in [2.75, 3.05) is 26.7 Å². The van der Waals surface area contributed by atoms with Gasteiger partial charge in [0.25, 0.3) is 5.91 Å². The zero-order valence-corrected chi connectivity index (χ0v) is 13.5. The first-order chi connectivity index (χ1) is 9.69. The van der Waals surface area contributed by atoms with Crippen LogP contribution in [0.3, 0.4) is 0 Å². The standard InChI is InChI=1S/C15H22BrN3O/c1-17-9-11-4-6-18(7-5-11)15(20)14-8-12(16)10-19(14)13-2-3-13/h8,10-11,13,17H,2-7,9H2,1H3. The highest BCUT2D eigenvalue weighted by Crippen LogP contribution is 2.38. The van der Waals surface area contributed by atoms with E-state index in [0.29, 0.717) is 12.0 Å². The number of hydrogen-bond acceptors (Lipinski definition) is 2. The number of carbonyl (C=O) groups excluding carboxylic acids is 1. The van der Waals surface area contributed by atoms with E-state index < -0.39 is 0 Å². The van der Waals surface area contributed by atoms with Crippen LogP contribution in [0.15, 0.2) is 16.7 Å². The van der Waals surface area contributed by atoms with E-state index in [1.807, 2.05) is 18.0 Å². The molecular weight excluding hydrogens is 318 g/mol. The van der Waals surface area contributed by atoms with Crippen LogP contribution in [0.2, 0.25) is 0 Å². The molecule has 2 aliphatic rings. The van der Waals surface area contributed by atoms with E-state index in [1.54, 1.807) is 0 Å². The fourth-order valence-corrected chi connectivity index (χ4v) is 3.50. The minimum atomic E-state index is 0.200. The third-order valence-corrected chi connectivity index (χ3v) is 4.80. The number of hydrogen-bond donors (Lipinski definition) is 1. The number of nitrogens with one attached hydrogen (secondary N) is 1. The summed E-state index contributed by atoms with van der Waals surface area (Å²) in [7, 11) is 2.00. The molecule has 0 radical (unpaired) electrons. The smallest absolute Gasteiger partial charge is 0.270 e. The average molecular weight is 340 g/mol. The quantitative estimate of drug-likeness (QED) is 0.915. The van der Waals surface area contributed by atoms with E-state index in [4.69, 9.17) is 0 Å². The number of piperidine rings is 1. The first-order valence-corrected chi connectivity index (χ1v) is 8.29. The molecule has 1 aromatic heterocycles. The molecule has 0 bridgehead atoms. The summed E-state index contributed by atoms with van der Waals surface area (Å²) in [4.78, 5) is 14.7. The number of nitrogens with zero attached hydrogens (tertiary/aromatic N) is 2. The molecule has 0 spiro atoms. The van der Waals surface area contributed by atoms with Crippen molar-refractivity contribution >= 4 is 21.8 Å². The number of rotatable bonds is 4. The molecule has 20 heavy (non-hydrogen) atoms. The Morgan fingerprint density at radius 3 is 2.65 bits per heavy atom. The van der Waals surface area contributed by atoms with Crippen molar-refractivity contribution in [3.05, 3.63) is 22.4 Å². The lowest BCUT2D eigenvalue weighted by Crippen LogP contribution is -2.41. The second-order valence-corrected chi connectivity index (χ2v) is 6.89. The first kappa shape index (κ1) is 14.1. The highest BCUT2D eigenvalue weighted by molar-refractivity contribution is 9.10. The average Bonchev–Trinajstić information content (AvgIpc) is 3.22. The molecule has 5 heteroatoms. The maximum Gasteiger partial charge on any atom is 0.270 e. The molecule has 1 aromatic rings. The van der Waals surface area contributed by atoms with Crippen molar-refractivity contribution in [3.8, 4) is 0 Å². The summed E-state index contributed by atoms with van der Waals surface area (Å²) in [6.45, 7) is 2.84. The Bertz CT molecular complexity index is 487. The lowest BCUT2D eigenvalue weighted by molar-refractivity contribution is 0.0679. The minimum absolute atomic E-state index is 0.200. The molecule has 0 unspecified atom stereocenters. The van der Waals surface area contributed by atoms with Gasteiger partial charge in [0.15, 0.2) is 0 Å². The molecule has 1 amide bonds. The summed E-state index contributed by atoms with van der Waals surface area (Å²) in [5, 5.41) is 3.24. The van der Waals surface area contributed by atoms with Gasteiger partial charge < -0.3 is 14.8 Å². The highest BCUT2D eigenvalue weighted by Gasteiger charge is 2.30. The fourth-order valence-electron chi connectivity index (χ4n) is 3.06. The summed E-state index contributed by atoms with van der Waals surface area (Å²) in [5.74, 6) is 0.913. The summed E-state index contributed by atoms with van der Waals surface area (Å²) < 4.78 is 3.17. The number of aromatic nitrogens is 1. The van der Waals surface area contributed by atoms with Crippen LogP contribution in [-0.4, -0.2) is 42.1 Å². The van der Waals surface area contributed by atoms with Crippen LogP contribution < -0.4 is 5.32 Å². The Kier molecular flexibility index (Phi) is 4.17. The van der Waals surface area contributed by atoms with Crippen LogP contribution in [0.1, 0.15) is 42.2 Å². The number of halogens is 1. The second kappa shape index (κ2) is 5.90. The van der Waals surface area contributed by atoms with Crippen LogP contribution in [0.4, 0.5) is 0 Å². The second-order valence-electron chi connectivity index (χ2n) is 5.98. The molecule has 2 heterocycles. The van der Waals surface area contributed by atoms with Crippen molar-refractivity contribution in [2.45, 2.75) is 31.7 Å². The first-order valence-electron chi connectivity index (χ1n) is 7.50. The van der Waals surface area contributed by atoms with E-state index >= 15 is 0 Å². The highest BCUT2D eigenvalue weighted by atomic mass is 79.9. The van der Waals surface area contributed by atoms with E-state index in [-0.39, 0.29) is 5.91 Å². The van der Waals surface area contributed by atoms with Gasteiger partial charge >= 0.3 is 0 Å². The van der Waals surface area contributed by atoms with Gasteiger partial charge in [-0.15, -0.1) is 0 Å². The maximum absolute atomic E-state index is 12.7. The molecule has 0 atom stereocenters. The molecule has 110 valence electrons. The predicted octanol–water partition coefficient (Wildman–Crippen LogP) is 2.66. The molecule has 1 aliphatic heterocycles. The Morgan fingerprint density at radius 1 is 1.35 bits per heavy atom. The topological polar surface area (TPSA) is 37.3 Å². The van der Waals surface area contributed by atoms with Crippen molar-refractivity contribution < 1.29 is 4.79 Å². The van der Waals surface area contributed by atoms with Gasteiger partial charge in [-0.05, 0) is 67.2 Å². The van der Waals surface area contributed by atoms with E-state index in [2.05, 4.69) is 32.0 Å². The number of amides is 1. The normalized spacial score (nSPS) is 20.4. The molecule has 3 rings (SSSR count). The van der Waals surface area contributed by atoms with Gasteiger partial charge in [-0.25, -0.2) is 0 Å². The third-order valence-electron chi connectivity index (χ3n) is 4.37. The predicted molar refractivity (Wildman–Crippen MR) is 83.0 cm³/mol. The maximum atomic E-state index is 12.7. The number of carbonyl (C=O) groups is 1. The molecular formula is C15H22BrN3O. The summed E-state index contributed by atoms with van der Waals surface area (Å²) in [6.07, 6.45) is 6.67. The summed E-state index contributed by atoms with van der Waals surface area (Å²) >= 11 is 3.50. The van der Waals surface area contributed by atoms with Crippen LogP contribution in [0.25, 0.3) is 0 Å². The monoisotopic (exact) mass is 339 g/mol. The van der Waals surface area contributed by atoms with Crippen molar-refractivity contribution in [3.63, 3.8) is 0 Å².